The number of hydrogen-bond donors (Lipinski definition) is 2. The topological polar surface area (TPSA) is 76.0 Å². The molecule has 1 aliphatic rings. The van der Waals surface area contributed by atoms with Crippen LogP contribution in [0.5, 0.6) is 0 Å². The molecule has 2 N–H and O–H groups in total. The Morgan fingerprint density at radius 2 is 2.16 bits per heavy atom. The number of aliphatic carboxylic acids is 1. The quantitative estimate of drug-likeness (QED) is 0.704. The van der Waals surface area contributed by atoms with Crippen LogP contribution in [0.1, 0.15) is 39.5 Å². The predicted molar refractivity (Wildman–Crippen MR) is 71.0 cm³/mol. The number of carboxylic acid groups (broad SMARTS) is 1. The van der Waals surface area contributed by atoms with Crippen molar-refractivity contribution < 1.29 is 24.5 Å². The van der Waals surface area contributed by atoms with E-state index in [0.29, 0.717) is 25.4 Å². The summed E-state index contributed by atoms with van der Waals surface area (Å²) in [6.45, 7) is 4.55. The first-order valence-electron chi connectivity index (χ1n) is 6.91. The molecule has 1 rings (SSSR count). The summed E-state index contributed by atoms with van der Waals surface area (Å²) in [6.07, 6.45) is 1.65. The molecule has 1 saturated carbocycles. The molecule has 112 valence electrons. The highest BCUT2D eigenvalue weighted by Gasteiger charge is 2.45. The summed E-state index contributed by atoms with van der Waals surface area (Å²) in [7, 11) is 1.59. The lowest BCUT2D eigenvalue weighted by molar-refractivity contribution is -0.151. The molecule has 0 radical (unpaired) electrons. The van der Waals surface area contributed by atoms with Gasteiger partial charge in [0.2, 0.25) is 0 Å². The number of methoxy groups -OCH3 is 1. The molecule has 0 amide bonds. The molecule has 19 heavy (non-hydrogen) atoms. The van der Waals surface area contributed by atoms with Crippen LogP contribution in [0.3, 0.4) is 0 Å². The first-order chi connectivity index (χ1) is 8.89. The van der Waals surface area contributed by atoms with Gasteiger partial charge in [-0.15, -0.1) is 0 Å². The van der Waals surface area contributed by atoms with Crippen LogP contribution in [0, 0.1) is 11.3 Å². The molecule has 0 aliphatic heterocycles. The second-order valence-electron chi connectivity index (χ2n) is 5.89. The third-order valence-corrected chi connectivity index (χ3v) is 3.91. The van der Waals surface area contributed by atoms with Crippen LogP contribution in [0.15, 0.2) is 0 Å². The Hall–Kier alpha value is -0.650. The van der Waals surface area contributed by atoms with Crippen molar-refractivity contribution in [2.75, 3.05) is 20.3 Å². The molecule has 5 heteroatoms. The number of aliphatic hydroxyl groups is 1. The minimum Gasteiger partial charge on any atom is -0.481 e. The van der Waals surface area contributed by atoms with E-state index in [2.05, 4.69) is 6.92 Å². The smallest absolute Gasteiger partial charge is 0.309 e. The molecule has 0 aromatic rings. The number of hydrogen-bond acceptors (Lipinski definition) is 4. The normalized spacial score (nSPS) is 30.2. The molecular formula is C14H26O5. The van der Waals surface area contributed by atoms with Gasteiger partial charge >= 0.3 is 5.97 Å². The van der Waals surface area contributed by atoms with E-state index >= 15 is 0 Å². The third kappa shape index (κ3) is 4.75. The molecule has 0 spiro atoms. The standard InChI is InChI=1S/C14H26O5/c1-10-4-5-14(6-10,13(16)17)7-12(15)9-19-11(2)8-18-3/h10-12,15H,4-9H2,1-3H3,(H,16,17). The summed E-state index contributed by atoms with van der Waals surface area (Å²) >= 11 is 0. The molecule has 1 aliphatic carbocycles. The van der Waals surface area contributed by atoms with Gasteiger partial charge in [-0.1, -0.05) is 6.92 Å². The molecule has 0 aromatic carbocycles. The highest BCUT2D eigenvalue weighted by atomic mass is 16.5. The second-order valence-corrected chi connectivity index (χ2v) is 5.89. The monoisotopic (exact) mass is 274 g/mol. The maximum atomic E-state index is 11.5. The van der Waals surface area contributed by atoms with Gasteiger partial charge in [0, 0.05) is 7.11 Å². The van der Waals surface area contributed by atoms with E-state index in [-0.39, 0.29) is 19.1 Å². The summed E-state index contributed by atoms with van der Waals surface area (Å²) in [5, 5.41) is 19.4. The van der Waals surface area contributed by atoms with Crippen LogP contribution in [0.4, 0.5) is 0 Å². The lowest BCUT2D eigenvalue weighted by Gasteiger charge is -2.27. The largest absolute Gasteiger partial charge is 0.481 e. The summed E-state index contributed by atoms with van der Waals surface area (Å²) in [6, 6.07) is 0. The van der Waals surface area contributed by atoms with Gasteiger partial charge in [-0.3, -0.25) is 4.79 Å². The van der Waals surface area contributed by atoms with Crippen LogP contribution in [0.2, 0.25) is 0 Å². The van der Waals surface area contributed by atoms with Crippen molar-refractivity contribution >= 4 is 5.97 Å². The van der Waals surface area contributed by atoms with Crippen LogP contribution in [-0.2, 0) is 14.3 Å². The van der Waals surface area contributed by atoms with Crippen LogP contribution < -0.4 is 0 Å². The fourth-order valence-corrected chi connectivity index (χ4v) is 2.93. The molecule has 0 heterocycles. The molecule has 4 unspecified atom stereocenters. The molecule has 0 aromatic heterocycles. The van der Waals surface area contributed by atoms with Gasteiger partial charge in [0.1, 0.15) is 0 Å². The van der Waals surface area contributed by atoms with Crippen molar-refractivity contribution in [3.8, 4) is 0 Å². The number of ether oxygens (including phenoxy) is 2. The molecule has 0 saturated heterocycles. The van der Waals surface area contributed by atoms with E-state index < -0.39 is 17.5 Å². The highest BCUT2D eigenvalue weighted by molar-refractivity contribution is 5.75. The fourth-order valence-electron chi connectivity index (χ4n) is 2.93. The highest BCUT2D eigenvalue weighted by Crippen LogP contribution is 2.45. The average molecular weight is 274 g/mol. The average Bonchev–Trinajstić information content (AvgIpc) is 2.70. The molecule has 0 bridgehead atoms. The summed E-state index contributed by atoms with van der Waals surface area (Å²) in [4.78, 5) is 11.5. The zero-order chi connectivity index (χ0) is 14.5. The van der Waals surface area contributed by atoms with Crippen molar-refractivity contribution in [3.63, 3.8) is 0 Å². The first-order valence-corrected chi connectivity index (χ1v) is 6.91. The number of carboxylic acids is 1. The first kappa shape index (κ1) is 16.4. The van der Waals surface area contributed by atoms with Crippen LogP contribution in [0.25, 0.3) is 0 Å². The number of carbonyl (C=O) groups is 1. The minimum absolute atomic E-state index is 0.0945. The van der Waals surface area contributed by atoms with Gasteiger partial charge in [-0.05, 0) is 38.5 Å². The third-order valence-electron chi connectivity index (χ3n) is 3.91. The zero-order valence-electron chi connectivity index (χ0n) is 12.1. The van der Waals surface area contributed by atoms with Gasteiger partial charge in [-0.2, -0.15) is 0 Å². The summed E-state index contributed by atoms with van der Waals surface area (Å²) in [5.41, 5.74) is -0.771. The van der Waals surface area contributed by atoms with Gasteiger partial charge in [-0.25, -0.2) is 0 Å². The lowest BCUT2D eigenvalue weighted by atomic mass is 9.80. The fraction of sp³-hybridized carbons (Fsp3) is 0.929. The van der Waals surface area contributed by atoms with Gasteiger partial charge < -0.3 is 19.7 Å². The second kappa shape index (κ2) is 7.22. The van der Waals surface area contributed by atoms with E-state index in [1.54, 1.807) is 7.11 Å². The minimum atomic E-state index is -0.791. The number of rotatable bonds is 8. The molecule has 5 nitrogen and oxygen atoms in total. The van der Waals surface area contributed by atoms with Gasteiger partial charge in [0.15, 0.2) is 0 Å². The van der Waals surface area contributed by atoms with Crippen molar-refractivity contribution in [1.29, 1.82) is 0 Å². The zero-order valence-corrected chi connectivity index (χ0v) is 12.1. The van der Waals surface area contributed by atoms with E-state index in [9.17, 15) is 15.0 Å². The Morgan fingerprint density at radius 1 is 1.47 bits per heavy atom. The maximum absolute atomic E-state index is 11.5. The molecular weight excluding hydrogens is 248 g/mol. The van der Waals surface area contributed by atoms with Crippen molar-refractivity contribution in [2.45, 2.75) is 51.7 Å². The van der Waals surface area contributed by atoms with E-state index in [4.69, 9.17) is 9.47 Å². The van der Waals surface area contributed by atoms with Crippen LogP contribution in [-0.4, -0.2) is 48.7 Å². The SMILES string of the molecule is COCC(C)OCC(O)CC1(C(=O)O)CCC(C)C1. The molecule has 4 atom stereocenters. The number of aliphatic hydroxyl groups excluding tert-OH is 1. The molecule has 1 fully saturated rings. The summed E-state index contributed by atoms with van der Waals surface area (Å²) in [5.74, 6) is -0.377. The van der Waals surface area contributed by atoms with E-state index in [1.165, 1.54) is 0 Å². The van der Waals surface area contributed by atoms with Crippen molar-refractivity contribution in [3.05, 3.63) is 0 Å². The Bertz CT molecular complexity index is 294. The predicted octanol–water partition coefficient (Wildman–Crippen LogP) is 1.68. The van der Waals surface area contributed by atoms with Crippen LogP contribution >= 0.6 is 0 Å². The Labute approximate surface area is 114 Å². The Balaban J connectivity index is 2.45. The maximum Gasteiger partial charge on any atom is 0.309 e. The lowest BCUT2D eigenvalue weighted by Crippen LogP contribution is -2.35. The Kier molecular flexibility index (Phi) is 6.23. The van der Waals surface area contributed by atoms with Gasteiger partial charge in [0.25, 0.3) is 0 Å². The van der Waals surface area contributed by atoms with E-state index in [0.717, 1.165) is 6.42 Å². The Morgan fingerprint density at radius 3 is 2.63 bits per heavy atom. The van der Waals surface area contributed by atoms with Crippen molar-refractivity contribution in [2.24, 2.45) is 11.3 Å². The van der Waals surface area contributed by atoms with Crippen molar-refractivity contribution in [1.82, 2.24) is 0 Å². The van der Waals surface area contributed by atoms with Gasteiger partial charge in [0.05, 0.1) is 30.8 Å². The summed E-state index contributed by atoms with van der Waals surface area (Å²) < 4.78 is 10.4. The van der Waals surface area contributed by atoms with E-state index in [1.807, 2.05) is 6.92 Å².